The fraction of sp³-hybridized carbons (Fsp3) is 0.561. The van der Waals surface area contributed by atoms with Crippen LogP contribution in [0.2, 0.25) is 0 Å². The van der Waals surface area contributed by atoms with Gasteiger partial charge >= 0.3 is 5.97 Å². The van der Waals surface area contributed by atoms with Gasteiger partial charge in [0, 0.05) is 67.6 Å². The average Bonchev–Trinajstić information content (AvgIpc) is 3.70. The van der Waals surface area contributed by atoms with Crippen LogP contribution >= 0.6 is 0 Å². The second kappa shape index (κ2) is 9.34. The number of esters is 1. The molecule has 0 amide bonds. The van der Waals surface area contributed by atoms with Crippen LogP contribution in [0, 0.1) is 29.1 Å². The number of fused-ring (bicyclic) bond motifs is 5. The van der Waals surface area contributed by atoms with Crippen molar-refractivity contribution in [2.24, 2.45) is 34.1 Å². The van der Waals surface area contributed by atoms with Gasteiger partial charge in [-0.15, -0.1) is 0 Å². The van der Waals surface area contributed by atoms with Gasteiger partial charge in [0.05, 0.1) is 42.7 Å². The quantitative estimate of drug-likeness (QED) is 0.267. The van der Waals surface area contributed by atoms with Crippen LogP contribution in [0.1, 0.15) is 57.1 Å². The number of carbonyl (C=O) groups excluding carboxylic acids is 3. The van der Waals surface area contributed by atoms with Gasteiger partial charge in [-0.3, -0.25) is 29.2 Å². The largest absolute Gasteiger partial charge is 0.496 e. The van der Waals surface area contributed by atoms with Gasteiger partial charge in [-0.25, -0.2) is 0 Å². The first-order valence-electron chi connectivity index (χ1n) is 18.7. The molecule has 3 aliphatic carbocycles. The topological polar surface area (TPSA) is 91.8 Å². The monoisotopic (exact) mass is 672 g/mol. The Morgan fingerprint density at radius 1 is 1.02 bits per heavy atom. The molecule has 7 saturated heterocycles. The normalized spacial score (nSPS) is 46.5. The molecular formula is C41H44N4O5. The number of carbonyl (C=O) groups is 3. The Labute approximate surface area is 292 Å². The van der Waals surface area contributed by atoms with Crippen LogP contribution in [-0.4, -0.2) is 97.7 Å². The van der Waals surface area contributed by atoms with E-state index >= 15 is 0 Å². The summed E-state index contributed by atoms with van der Waals surface area (Å²) in [6.07, 6.45) is 12.5. The Kier molecular flexibility index (Phi) is 5.58. The minimum atomic E-state index is -0.606. The zero-order chi connectivity index (χ0) is 34.2. The number of nitrogens with zero attached hydrogens (tertiary/aromatic N) is 4. The molecule has 9 fully saturated rings. The van der Waals surface area contributed by atoms with E-state index in [1.807, 2.05) is 6.08 Å². The number of allylic oxidation sites excluding steroid dienone is 5. The zero-order valence-electron chi connectivity index (χ0n) is 29.5. The maximum Gasteiger partial charge on any atom is 0.310 e. The molecule has 258 valence electrons. The Morgan fingerprint density at radius 2 is 1.82 bits per heavy atom. The summed E-state index contributed by atoms with van der Waals surface area (Å²) in [4.78, 5) is 56.3. The molecule has 9 heteroatoms. The summed E-state index contributed by atoms with van der Waals surface area (Å²) in [6, 6.07) is 4.88. The second-order valence-electron chi connectivity index (χ2n) is 16.7. The van der Waals surface area contributed by atoms with Gasteiger partial charge in [-0.1, -0.05) is 23.3 Å². The molecule has 12 aliphatic rings. The molecule has 0 radical (unpaired) electrons. The third-order valence-corrected chi connectivity index (χ3v) is 15.7. The number of piperidine rings is 4. The maximum atomic E-state index is 14.9. The lowest BCUT2D eigenvalue weighted by molar-refractivity contribution is -0.156. The minimum absolute atomic E-state index is 0.0346. The van der Waals surface area contributed by atoms with Gasteiger partial charge < -0.3 is 14.4 Å². The molecule has 0 aromatic heterocycles. The average molecular weight is 673 g/mol. The van der Waals surface area contributed by atoms with E-state index in [4.69, 9.17) is 14.5 Å². The summed E-state index contributed by atoms with van der Waals surface area (Å²) in [5, 5.41) is 0. The van der Waals surface area contributed by atoms with Crippen molar-refractivity contribution in [2.45, 2.75) is 75.2 Å². The fourth-order valence-corrected chi connectivity index (χ4v) is 14.0. The maximum absolute atomic E-state index is 14.9. The molecule has 2 saturated carbocycles. The zero-order valence-corrected chi connectivity index (χ0v) is 29.5. The molecule has 1 aromatic carbocycles. The van der Waals surface area contributed by atoms with Crippen LogP contribution in [0.4, 0.5) is 5.69 Å². The number of benzene rings is 1. The van der Waals surface area contributed by atoms with Gasteiger partial charge in [-0.2, -0.15) is 0 Å². The predicted octanol–water partition coefficient (Wildman–Crippen LogP) is 4.27. The lowest BCUT2D eigenvalue weighted by Crippen LogP contribution is -2.68. The van der Waals surface area contributed by atoms with Crippen molar-refractivity contribution < 1.29 is 23.9 Å². The Hall–Kier alpha value is -3.82. The van der Waals surface area contributed by atoms with Crippen molar-refractivity contribution in [1.29, 1.82) is 0 Å². The Morgan fingerprint density at radius 3 is 2.58 bits per heavy atom. The van der Waals surface area contributed by atoms with Crippen molar-refractivity contribution in [3.8, 4) is 5.75 Å². The van der Waals surface area contributed by atoms with E-state index in [1.165, 1.54) is 18.3 Å². The molecule has 2 spiro atoms. The molecular weight excluding hydrogens is 628 g/mol. The van der Waals surface area contributed by atoms with Crippen molar-refractivity contribution >= 4 is 34.5 Å². The summed E-state index contributed by atoms with van der Waals surface area (Å²) in [6.45, 7) is 6.77. The predicted molar refractivity (Wildman–Crippen MR) is 188 cm³/mol. The Bertz CT molecular complexity index is 2040. The molecule has 50 heavy (non-hydrogen) atoms. The number of hydrogen-bond acceptors (Lipinski definition) is 9. The summed E-state index contributed by atoms with van der Waals surface area (Å²) in [5.41, 5.74) is 6.00. The van der Waals surface area contributed by atoms with Gasteiger partial charge in [0.15, 0.2) is 11.6 Å². The number of aliphatic imine (C=N–C) groups is 1. The van der Waals surface area contributed by atoms with Crippen LogP contribution in [-0.2, 0) is 24.5 Å². The lowest BCUT2D eigenvalue weighted by atomic mass is 9.53. The third-order valence-electron chi connectivity index (χ3n) is 15.7. The SMILES string of the molecule is CC=C1CN2[C@H]3C[C@]45C(=O)[C@@H]3[C@H]1C[C@H]2[C@@H]4N(C)c1cc(OC)c(C2=CC3=N[C@@]46CC[C@H]7C(=CC)CN4CC[C@]6(C3=CC2=O)[C@@H]7C(=O)OC)cc15. The van der Waals surface area contributed by atoms with E-state index in [-0.39, 0.29) is 35.7 Å². The number of ketones is 2. The highest BCUT2D eigenvalue weighted by molar-refractivity contribution is 6.37. The third kappa shape index (κ3) is 2.95. The van der Waals surface area contributed by atoms with Crippen LogP contribution in [0.15, 0.2) is 58.1 Å². The minimum Gasteiger partial charge on any atom is -0.496 e. The van der Waals surface area contributed by atoms with E-state index in [1.54, 1.807) is 13.2 Å². The molecule has 0 N–H and O–H groups in total. The smallest absolute Gasteiger partial charge is 0.310 e. The van der Waals surface area contributed by atoms with Gasteiger partial charge in [0.1, 0.15) is 11.4 Å². The number of Topliss-reactive ketones (excluding diaryl/α,β-unsaturated/α-hetero) is 1. The number of likely N-dealkylation sites (N-methyl/N-ethyl adjacent to an activating group) is 1. The first-order chi connectivity index (χ1) is 24.2. The summed E-state index contributed by atoms with van der Waals surface area (Å²) < 4.78 is 11.6. The van der Waals surface area contributed by atoms with E-state index in [0.29, 0.717) is 29.1 Å². The van der Waals surface area contributed by atoms with Crippen LogP contribution < -0.4 is 9.64 Å². The molecule has 1 aromatic rings. The highest BCUT2D eigenvalue weighted by Crippen LogP contribution is 2.70. The number of methoxy groups -OCH3 is 2. The molecule has 9 aliphatic heterocycles. The molecule has 12 atom stereocenters. The highest BCUT2D eigenvalue weighted by atomic mass is 16.5. The number of rotatable bonds is 3. The number of ether oxygens (including phenoxy) is 2. The van der Waals surface area contributed by atoms with Crippen LogP contribution in [0.3, 0.4) is 0 Å². The first kappa shape index (κ1) is 29.9. The lowest BCUT2D eigenvalue weighted by Gasteiger charge is -2.58. The Balaban J connectivity index is 1.06. The molecule has 13 rings (SSSR count). The molecule has 9 bridgehead atoms. The summed E-state index contributed by atoms with van der Waals surface area (Å²) in [7, 11) is 5.30. The van der Waals surface area contributed by atoms with Crippen LogP contribution in [0.5, 0.6) is 5.75 Å². The van der Waals surface area contributed by atoms with Crippen molar-refractivity contribution in [3.05, 3.63) is 64.3 Å². The molecule has 9 heterocycles. The van der Waals surface area contributed by atoms with Gasteiger partial charge in [0.2, 0.25) is 0 Å². The van der Waals surface area contributed by atoms with E-state index in [9.17, 15) is 14.4 Å². The molecule has 9 nitrogen and oxygen atoms in total. The van der Waals surface area contributed by atoms with Gasteiger partial charge in [0.25, 0.3) is 0 Å². The van der Waals surface area contributed by atoms with Gasteiger partial charge in [-0.05, 0) is 87.1 Å². The molecule has 2 unspecified atom stereocenters. The standard InChI is InChI=1S/C41H44N4O5/c1-6-20-18-44-11-10-40-26-15-32(46)24(13-28(26)42-41(40,44)9-8-22(20)35(40)38(48)50-5)25-12-27-29(16-33(25)49-4)43(3)36-30-14-23-21(7-2)19-45(30)31-17-39(27,36)37(47)34(23)31/h6-7,12-13,15-16,22-23,30-31,34-36H,8-11,14,17-19H2,1-5H3/t22-,23-,30-,31-,34+,35-,36-,39+,40-,41-/m0/s1. The fourth-order valence-electron chi connectivity index (χ4n) is 14.0. The highest BCUT2D eigenvalue weighted by Gasteiger charge is 2.76. The second-order valence-corrected chi connectivity index (χ2v) is 16.7. The van der Waals surface area contributed by atoms with Crippen molar-refractivity contribution in [2.75, 3.05) is 45.8 Å². The van der Waals surface area contributed by atoms with Crippen molar-refractivity contribution in [1.82, 2.24) is 9.80 Å². The summed E-state index contributed by atoms with van der Waals surface area (Å²) >= 11 is 0. The van der Waals surface area contributed by atoms with Crippen molar-refractivity contribution in [3.63, 3.8) is 0 Å². The number of hydrogen-bond donors (Lipinski definition) is 0. The van der Waals surface area contributed by atoms with E-state index < -0.39 is 22.4 Å². The van der Waals surface area contributed by atoms with E-state index in [0.717, 1.165) is 79.8 Å². The first-order valence-corrected chi connectivity index (χ1v) is 18.7. The summed E-state index contributed by atoms with van der Waals surface area (Å²) in [5.74, 6) is 0.767. The van der Waals surface area contributed by atoms with E-state index in [2.05, 4.69) is 59.9 Å². The van der Waals surface area contributed by atoms with Crippen LogP contribution in [0.25, 0.3) is 5.57 Å². The number of anilines is 1.